The molecule has 0 radical (unpaired) electrons. The Hall–Kier alpha value is -1.28. The molecular formula is C14H20O2. The Bertz CT molecular complexity index is 327. The fourth-order valence-corrected chi connectivity index (χ4v) is 1.33. The molecule has 0 saturated heterocycles. The van der Waals surface area contributed by atoms with Crippen LogP contribution < -0.4 is 4.74 Å². The summed E-state index contributed by atoms with van der Waals surface area (Å²) in [5.74, 6) is 0.827. The third-order valence-electron chi connectivity index (χ3n) is 2.21. The second-order valence-corrected chi connectivity index (χ2v) is 3.86. The van der Waals surface area contributed by atoms with Crippen molar-refractivity contribution in [1.82, 2.24) is 0 Å². The van der Waals surface area contributed by atoms with Gasteiger partial charge in [-0.15, -0.1) is 0 Å². The summed E-state index contributed by atoms with van der Waals surface area (Å²) in [6.07, 6.45) is 0.804. The van der Waals surface area contributed by atoms with Crippen LogP contribution in [0.4, 0.5) is 0 Å². The SMILES string of the molecule is C=C(C)c1ccc(OC(C)OCCC)cc1. The van der Waals surface area contributed by atoms with Gasteiger partial charge in [0.2, 0.25) is 0 Å². The van der Waals surface area contributed by atoms with Gasteiger partial charge in [0, 0.05) is 0 Å². The Labute approximate surface area is 97.9 Å². The molecule has 0 aromatic heterocycles. The van der Waals surface area contributed by atoms with Gasteiger partial charge in [0.15, 0.2) is 6.29 Å². The third-order valence-corrected chi connectivity index (χ3v) is 2.21. The third kappa shape index (κ3) is 4.07. The van der Waals surface area contributed by atoms with Crippen LogP contribution >= 0.6 is 0 Å². The van der Waals surface area contributed by atoms with Crippen molar-refractivity contribution >= 4 is 5.57 Å². The molecule has 0 N–H and O–H groups in total. The molecule has 1 aromatic rings. The molecule has 0 saturated carbocycles. The van der Waals surface area contributed by atoms with E-state index < -0.39 is 0 Å². The maximum Gasteiger partial charge on any atom is 0.196 e. The van der Waals surface area contributed by atoms with Gasteiger partial charge < -0.3 is 9.47 Å². The highest BCUT2D eigenvalue weighted by Crippen LogP contribution is 2.18. The molecule has 1 atom stereocenters. The first-order valence-electron chi connectivity index (χ1n) is 5.67. The number of hydrogen-bond acceptors (Lipinski definition) is 2. The summed E-state index contributed by atoms with van der Waals surface area (Å²) >= 11 is 0. The highest BCUT2D eigenvalue weighted by Gasteiger charge is 2.03. The van der Waals surface area contributed by atoms with Crippen LogP contribution in [0.15, 0.2) is 30.8 Å². The van der Waals surface area contributed by atoms with E-state index in [1.54, 1.807) is 0 Å². The van der Waals surface area contributed by atoms with Crippen molar-refractivity contribution in [1.29, 1.82) is 0 Å². The molecule has 1 aromatic carbocycles. The lowest BCUT2D eigenvalue weighted by Gasteiger charge is -2.15. The zero-order valence-electron chi connectivity index (χ0n) is 10.3. The first-order valence-corrected chi connectivity index (χ1v) is 5.67. The van der Waals surface area contributed by atoms with Gasteiger partial charge >= 0.3 is 0 Å². The molecule has 0 bridgehead atoms. The van der Waals surface area contributed by atoms with Crippen LogP contribution in [0.2, 0.25) is 0 Å². The fourth-order valence-electron chi connectivity index (χ4n) is 1.33. The van der Waals surface area contributed by atoms with Crippen LogP contribution in [-0.2, 0) is 4.74 Å². The quantitative estimate of drug-likeness (QED) is 0.677. The molecule has 0 fully saturated rings. The van der Waals surface area contributed by atoms with E-state index in [-0.39, 0.29) is 6.29 Å². The van der Waals surface area contributed by atoms with Gasteiger partial charge in [-0.1, -0.05) is 31.2 Å². The maximum atomic E-state index is 5.60. The predicted molar refractivity (Wildman–Crippen MR) is 67.5 cm³/mol. The van der Waals surface area contributed by atoms with Gasteiger partial charge in [-0.05, 0) is 38.0 Å². The lowest BCUT2D eigenvalue weighted by molar-refractivity contribution is -0.0662. The van der Waals surface area contributed by atoms with Gasteiger partial charge in [-0.3, -0.25) is 0 Å². The van der Waals surface area contributed by atoms with Gasteiger partial charge in [-0.2, -0.15) is 0 Å². The fraction of sp³-hybridized carbons (Fsp3) is 0.429. The molecule has 16 heavy (non-hydrogen) atoms. The van der Waals surface area contributed by atoms with Crippen molar-refractivity contribution < 1.29 is 9.47 Å². The number of hydrogen-bond donors (Lipinski definition) is 0. The van der Waals surface area contributed by atoms with Crippen LogP contribution in [0.5, 0.6) is 5.75 Å². The highest BCUT2D eigenvalue weighted by molar-refractivity contribution is 5.61. The molecule has 88 valence electrons. The summed E-state index contributed by atoms with van der Waals surface area (Å²) in [4.78, 5) is 0. The second-order valence-electron chi connectivity index (χ2n) is 3.86. The first-order chi connectivity index (χ1) is 7.63. The molecule has 0 aliphatic heterocycles. The van der Waals surface area contributed by atoms with Gasteiger partial charge in [0.05, 0.1) is 6.61 Å². The van der Waals surface area contributed by atoms with Crippen molar-refractivity contribution in [3.63, 3.8) is 0 Å². The minimum atomic E-state index is -0.198. The topological polar surface area (TPSA) is 18.5 Å². The highest BCUT2D eigenvalue weighted by atomic mass is 16.7. The van der Waals surface area contributed by atoms with Crippen molar-refractivity contribution in [2.75, 3.05) is 6.61 Å². The first kappa shape index (κ1) is 12.8. The molecule has 2 nitrogen and oxygen atoms in total. The van der Waals surface area contributed by atoms with E-state index in [1.807, 2.05) is 38.1 Å². The van der Waals surface area contributed by atoms with Gasteiger partial charge in [0.1, 0.15) is 5.75 Å². The van der Waals surface area contributed by atoms with Crippen LogP contribution in [0.1, 0.15) is 32.8 Å². The molecule has 2 heteroatoms. The molecule has 1 unspecified atom stereocenters. The van der Waals surface area contributed by atoms with Crippen LogP contribution in [-0.4, -0.2) is 12.9 Å². The van der Waals surface area contributed by atoms with E-state index in [9.17, 15) is 0 Å². The van der Waals surface area contributed by atoms with Crippen molar-refractivity contribution in [3.8, 4) is 5.75 Å². The summed E-state index contributed by atoms with van der Waals surface area (Å²) in [5.41, 5.74) is 2.19. The Balaban J connectivity index is 2.51. The Kier molecular flexibility index (Phi) is 5.06. The summed E-state index contributed by atoms with van der Waals surface area (Å²) in [6.45, 7) is 10.6. The average Bonchev–Trinajstić information content (AvgIpc) is 2.27. The molecule has 0 heterocycles. The normalized spacial score (nSPS) is 12.2. The van der Waals surface area contributed by atoms with Crippen LogP contribution in [0.25, 0.3) is 5.57 Å². The zero-order chi connectivity index (χ0) is 12.0. The van der Waals surface area contributed by atoms with E-state index in [1.165, 1.54) is 0 Å². The number of allylic oxidation sites excluding steroid dienone is 1. The average molecular weight is 220 g/mol. The molecule has 1 rings (SSSR count). The van der Waals surface area contributed by atoms with Crippen LogP contribution in [0.3, 0.4) is 0 Å². The summed E-state index contributed by atoms with van der Waals surface area (Å²) in [7, 11) is 0. The molecule has 0 spiro atoms. The molecular weight excluding hydrogens is 200 g/mol. The molecule has 0 aliphatic rings. The smallest absolute Gasteiger partial charge is 0.196 e. The van der Waals surface area contributed by atoms with E-state index in [2.05, 4.69) is 13.5 Å². The monoisotopic (exact) mass is 220 g/mol. The molecule has 0 amide bonds. The van der Waals surface area contributed by atoms with Crippen LogP contribution in [0, 0.1) is 0 Å². The minimum Gasteiger partial charge on any atom is -0.465 e. The van der Waals surface area contributed by atoms with E-state index in [0.29, 0.717) is 0 Å². The van der Waals surface area contributed by atoms with Gasteiger partial charge in [-0.25, -0.2) is 0 Å². The number of rotatable bonds is 6. The van der Waals surface area contributed by atoms with Crippen molar-refractivity contribution in [2.45, 2.75) is 33.5 Å². The second kappa shape index (κ2) is 6.33. The lowest BCUT2D eigenvalue weighted by Crippen LogP contribution is -2.16. The maximum absolute atomic E-state index is 5.60. The van der Waals surface area contributed by atoms with E-state index >= 15 is 0 Å². The summed E-state index contributed by atoms with van der Waals surface area (Å²) < 4.78 is 11.0. The van der Waals surface area contributed by atoms with E-state index in [4.69, 9.17) is 9.47 Å². The standard InChI is InChI=1S/C14H20O2/c1-5-10-15-12(4)16-14-8-6-13(7-9-14)11(2)3/h6-9,12H,2,5,10H2,1,3-4H3. The van der Waals surface area contributed by atoms with E-state index in [0.717, 1.165) is 29.9 Å². The Morgan fingerprint density at radius 1 is 1.31 bits per heavy atom. The summed E-state index contributed by atoms with van der Waals surface area (Å²) in [6, 6.07) is 7.89. The predicted octanol–water partition coefficient (Wildman–Crippen LogP) is 3.87. The number of benzene rings is 1. The Morgan fingerprint density at radius 2 is 1.94 bits per heavy atom. The number of ether oxygens (including phenoxy) is 2. The minimum absolute atomic E-state index is 0.198. The van der Waals surface area contributed by atoms with Crippen molar-refractivity contribution in [3.05, 3.63) is 36.4 Å². The Morgan fingerprint density at radius 3 is 2.44 bits per heavy atom. The summed E-state index contributed by atoms with van der Waals surface area (Å²) in [5, 5.41) is 0. The largest absolute Gasteiger partial charge is 0.465 e. The molecule has 0 aliphatic carbocycles. The van der Waals surface area contributed by atoms with Gasteiger partial charge in [0.25, 0.3) is 0 Å². The lowest BCUT2D eigenvalue weighted by atomic mass is 10.1. The van der Waals surface area contributed by atoms with Crippen molar-refractivity contribution in [2.24, 2.45) is 0 Å². The zero-order valence-corrected chi connectivity index (χ0v) is 10.3.